The van der Waals surface area contributed by atoms with E-state index < -0.39 is 63.8 Å². The molecule has 0 N–H and O–H groups in total. The highest BCUT2D eigenvalue weighted by atomic mass is 28.4. The number of hydrogen-bond donors (Lipinski definition) is 0. The summed E-state index contributed by atoms with van der Waals surface area (Å²) in [4.78, 5) is 0. The first kappa shape index (κ1) is 23.4. The highest BCUT2D eigenvalue weighted by Gasteiger charge is 3.00. The molecule has 0 spiro atoms. The molecule has 26 heavy (non-hydrogen) atoms. The lowest BCUT2D eigenvalue weighted by Crippen LogP contribution is -2.87. The third kappa shape index (κ3) is 2.51. The van der Waals surface area contributed by atoms with Crippen LogP contribution in [0.5, 0.6) is 0 Å². The van der Waals surface area contributed by atoms with Crippen LogP contribution in [0, 0.1) is 0 Å². The SMILES string of the molecule is CCO[Si](OCC)(OCC)C1(F)C(F)C(F)(F)C(F)(F)C(F)(F)C1(F)F. The van der Waals surface area contributed by atoms with Crippen LogP contribution < -0.4 is 0 Å². The van der Waals surface area contributed by atoms with Gasteiger partial charge in [0, 0.05) is 19.8 Å². The second-order valence-electron chi connectivity index (χ2n) is 5.28. The van der Waals surface area contributed by atoms with Gasteiger partial charge in [-0.2, -0.15) is 35.1 Å². The van der Waals surface area contributed by atoms with Gasteiger partial charge in [0.15, 0.2) is 0 Å². The van der Waals surface area contributed by atoms with Crippen molar-refractivity contribution in [2.24, 2.45) is 0 Å². The van der Waals surface area contributed by atoms with E-state index in [-0.39, 0.29) is 0 Å². The molecule has 0 radical (unpaired) electrons. The van der Waals surface area contributed by atoms with Gasteiger partial charge in [-0.1, -0.05) is 0 Å². The van der Waals surface area contributed by atoms with E-state index in [0.29, 0.717) is 0 Å². The van der Waals surface area contributed by atoms with Crippen molar-refractivity contribution in [1.82, 2.24) is 0 Å². The number of halogens is 10. The normalized spacial score (nSPS) is 32.4. The van der Waals surface area contributed by atoms with Crippen molar-refractivity contribution in [3.63, 3.8) is 0 Å². The summed E-state index contributed by atoms with van der Waals surface area (Å²) in [6.45, 7) is 0.615. The fourth-order valence-corrected chi connectivity index (χ4v) is 5.61. The molecule has 0 saturated heterocycles. The molecular weight excluding hydrogens is 410 g/mol. The summed E-state index contributed by atoms with van der Waals surface area (Å²) in [6, 6.07) is 0. The Labute approximate surface area is 142 Å². The molecule has 0 aromatic rings. The fourth-order valence-electron chi connectivity index (χ4n) is 2.56. The van der Waals surface area contributed by atoms with Gasteiger partial charge in [-0.3, -0.25) is 0 Å². The first-order chi connectivity index (χ1) is 11.6. The molecular formula is C12H16F10O3Si. The van der Waals surface area contributed by atoms with Crippen molar-refractivity contribution in [3.05, 3.63) is 0 Å². The minimum absolute atomic E-state index is 0.797. The number of hydrogen-bond acceptors (Lipinski definition) is 3. The molecule has 14 heteroatoms. The van der Waals surface area contributed by atoms with Gasteiger partial charge in [0.1, 0.15) is 0 Å². The van der Waals surface area contributed by atoms with E-state index >= 15 is 4.39 Å². The van der Waals surface area contributed by atoms with E-state index in [1.54, 1.807) is 0 Å². The molecule has 0 amide bonds. The maximum Gasteiger partial charge on any atom is 0.550 e. The van der Waals surface area contributed by atoms with Gasteiger partial charge in [-0.05, 0) is 20.8 Å². The van der Waals surface area contributed by atoms with E-state index in [4.69, 9.17) is 0 Å². The average Bonchev–Trinajstić information content (AvgIpc) is 2.52. The van der Waals surface area contributed by atoms with E-state index in [1.165, 1.54) is 0 Å². The van der Waals surface area contributed by atoms with Crippen molar-refractivity contribution in [3.8, 4) is 0 Å². The van der Waals surface area contributed by atoms with Crippen molar-refractivity contribution < 1.29 is 57.2 Å². The molecule has 0 aromatic heterocycles. The molecule has 1 fully saturated rings. The Morgan fingerprint density at radius 3 is 1.31 bits per heavy atom. The molecule has 1 aliphatic rings. The molecule has 2 atom stereocenters. The van der Waals surface area contributed by atoms with Gasteiger partial charge in [-0.15, -0.1) is 0 Å². The summed E-state index contributed by atoms with van der Waals surface area (Å²) in [5.41, 5.74) is 0. The summed E-state index contributed by atoms with van der Waals surface area (Å²) < 4.78 is 152. The zero-order valence-electron chi connectivity index (χ0n) is 13.7. The fraction of sp³-hybridized carbons (Fsp3) is 1.00. The molecule has 0 aliphatic heterocycles. The zero-order chi connectivity index (χ0) is 20.8. The van der Waals surface area contributed by atoms with Gasteiger partial charge < -0.3 is 13.3 Å². The van der Waals surface area contributed by atoms with Crippen molar-refractivity contribution in [2.75, 3.05) is 19.8 Å². The average molecular weight is 426 g/mol. The van der Waals surface area contributed by atoms with Gasteiger partial charge in [-0.25, -0.2) is 8.78 Å². The Bertz CT molecular complexity index is 500. The molecule has 156 valence electrons. The molecule has 0 bridgehead atoms. The predicted octanol–water partition coefficient (Wildman–Crippen LogP) is 4.18. The molecule has 0 aromatic carbocycles. The smallest absolute Gasteiger partial charge is 0.372 e. The molecule has 1 saturated carbocycles. The quantitative estimate of drug-likeness (QED) is 0.452. The van der Waals surface area contributed by atoms with Crippen LogP contribution in [0.2, 0.25) is 0 Å². The monoisotopic (exact) mass is 426 g/mol. The maximum atomic E-state index is 15.2. The number of alkyl halides is 10. The summed E-state index contributed by atoms with van der Waals surface area (Å²) >= 11 is 0. The van der Waals surface area contributed by atoms with Crippen LogP contribution in [-0.2, 0) is 13.3 Å². The van der Waals surface area contributed by atoms with Crippen LogP contribution >= 0.6 is 0 Å². The summed E-state index contributed by atoms with van der Waals surface area (Å²) in [7, 11) is -6.04. The summed E-state index contributed by atoms with van der Waals surface area (Å²) in [5, 5.41) is -5.68. The van der Waals surface area contributed by atoms with E-state index in [2.05, 4.69) is 13.3 Å². The maximum absolute atomic E-state index is 15.2. The van der Waals surface area contributed by atoms with Gasteiger partial charge in [0.05, 0.1) is 0 Å². The Kier molecular flexibility index (Phi) is 6.11. The molecule has 2 unspecified atom stereocenters. The van der Waals surface area contributed by atoms with Crippen molar-refractivity contribution in [2.45, 2.75) is 55.9 Å². The summed E-state index contributed by atoms with van der Waals surface area (Å²) in [5.74, 6) is -27.0. The number of rotatable bonds is 7. The van der Waals surface area contributed by atoms with E-state index in [0.717, 1.165) is 20.8 Å². The van der Waals surface area contributed by atoms with E-state index in [9.17, 15) is 39.5 Å². The van der Waals surface area contributed by atoms with Crippen LogP contribution in [-0.4, -0.2) is 63.8 Å². The van der Waals surface area contributed by atoms with Crippen molar-refractivity contribution in [1.29, 1.82) is 0 Å². The van der Waals surface area contributed by atoms with Gasteiger partial charge in [0.25, 0.3) is 5.29 Å². The molecule has 3 nitrogen and oxygen atoms in total. The Balaban J connectivity index is 3.87. The second kappa shape index (κ2) is 6.78. The van der Waals surface area contributed by atoms with Crippen LogP contribution in [0.15, 0.2) is 0 Å². The second-order valence-corrected chi connectivity index (χ2v) is 7.98. The Morgan fingerprint density at radius 2 is 1.00 bits per heavy atom. The van der Waals surface area contributed by atoms with Crippen LogP contribution in [0.3, 0.4) is 0 Å². The predicted molar refractivity (Wildman–Crippen MR) is 69.2 cm³/mol. The lowest BCUT2D eigenvalue weighted by atomic mass is 9.82. The third-order valence-electron chi connectivity index (χ3n) is 3.78. The molecule has 1 aliphatic carbocycles. The van der Waals surface area contributed by atoms with Crippen molar-refractivity contribution >= 4 is 8.80 Å². The highest BCUT2D eigenvalue weighted by molar-refractivity contribution is 6.64. The third-order valence-corrected chi connectivity index (χ3v) is 7.25. The molecule has 0 heterocycles. The topological polar surface area (TPSA) is 27.7 Å². The van der Waals surface area contributed by atoms with Crippen LogP contribution in [0.25, 0.3) is 0 Å². The molecule has 1 rings (SSSR count). The highest BCUT2D eigenvalue weighted by Crippen LogP contribution is 2.67. The standard InChI is InChI=1S/C12H16F10O3Si/c1-4-23-26(24-5-2,25-6-3)9(16)7(13)8(14,15)10(17,18)12(21,22)11(9,19)20/h7H,4-6H2,1-3H3. The minimum atomic E-state index is -6.97. The van der Waals surface area contributed by atoms with Crippen LogP contribution in [0.1, 0.15) is 20.8 Å². The lowest BCUT2D eigenvalue weighted by molar-refractivity contribution is -0.435. The zero-order valence-corrected chi connectivity index (χ0v) is 14.7. The minimum Gasteiger partial charge on any atom is -0.372 e. The van der Waals surface area contributed by atoms with Gasteiger partial charge >= 0.3 is 32.5 Å². The first-order valence-corrected chi connectivity index (χ1v) is 9.07. The van der Waals surface area contributed by atoms with Gasteiger partial charge in [0.2, 0.25) is 6.17 Å². The van der Waals surface area contributed by atoms with E-state index in [1.807, 2.05) is 0 Å². The first-order valence-electron chi connectivity index (χ1n) is 7.35. The Hall–Kier alpha value is -0.603. The summed E-state index contributed by atoms with van der Waals surface area (Å²) in [6.07, 6.45) is -5.10. The lowest BCUT2D eigenvalue weighted by Gasteiger charge is -2.53. The van der Waals surface area contributed by atoms with Crippen LogP contribution in [0.4, 0.5) is 43.9 Å². The largest absolute Gasteiger partial charge is 0.550 e. The Morgan fingerprint density at radius 1 is 0.654 bits per heavy atom.